The number of hydrogen-bond acceptors (Lipinski definition) is 1. The Morgan fingerprint density at radius 3 is 2.08 bits per heavy atom. The van der Waals surface area contributed by atoms with E-state index in [1.54, 1.807) is 0 Å². The maximum atomic E-state index is 2.52. The minimum absolute atomic E-state index is 0.355. The second-order valence-electron chi connectivity index (χ2n) is 17.6. The van der Waals surface area contributed by atoms with Crippen molar-refractivity contribution in [3.8, 4) is 44.5 Å². The Morgan fingerprint density at radius 2 is 1.23 bits per heavy atom. The summed E-state index contributed by atoms with van der Waals surface area (Å²) in [4.78, 5) is 0. The molecule has 11 rings (SSSR count). The minimum Gasteiger partial charge on any atom is -0.135 e. The predicted molar refractivity (Wildman–Crippen MR) is 268 cm³/mol. The quantitative estimate of drug-likeness (QED) is 0.143. The topological polar surface area (TPSA) is 0 Å². The van der Waals surface area contributed by atoms with Crippen LogP contribution in [0.1, 0.15) is 71.4 Å². The average molecular weight is 815 g/mol. The van der Waals surface area contributed by atoms with Gasteiger partial charge in [-0.05, 0) is 169 Å². The van der Waals surface area contributed by atoms with E-state index in [-0.39, 0.29) is 0 Å². The summed E-state index contributed by atoms with van der Waals surface area (Å²) in [5, 5.41) is 5.28. The summed E-state index contributed by atoms with van der Waals surface area (Å²) in [5.41, 5.74) is 19.0. The number of fused-ring (bicyclic) bond motifs is 7. The molecule has 1 aromatic heterocycles. The van der Waals surface area contributed by atoms with Crippen LogP contribution in [0.4, 0.5) is 0 Å². The van der Waals surface area contributed by atoms with Gasteiger partial charge < -0.3 is 0 Å². The molecule has 0 aliphatic heterocycles. The zero-order valence-corrected chi connectivity index (χ0v) is 36.6. The van der Waals surface area contributed by atoms with Gasteiger partial charge >= 0.3 is 0 Å². The third-order valence-corrected chi connectivity index (χ3v) is 15.2. The van der Waals surface area contributed by atoms with Crippen molar-refractivity contribution in [2.24, 2.45) is 0 Å². The lowest BCUT2D eigenvalue weighted by Crippen LogP contribution is -2.10. The zero-order chi connectivity index (χ0) is 41.7. The maximum Gasteiger partial charge on any atom is 0.0434 e. The predicted octanol–water partition coefficient (Wildman–Crippen LogP) is 17.4. The van der Waals surface area contributed by atoms with Crippen molar-refractivity contribution in [2.45, 2.75) is 57.8 Å². The first kappa shape index (κ1) is 38.4. The summed E-state index contributed by atoms with van der Waals surface area (Å²) in [6.07, 6.45) is 3.06. The molecule has 0 spiro atoms. The summed E-state index contributed by atoms with van der Waals surface area (Å²) in [5.74, 6) is 1.17. The molecule has 0 N–H and O–H groups in total. The molecule has 62 heavy (non-hydrogen) atoms. The van der Waals surface area contributed by atoms with Crippen molar-refractivity contribution >= 4 is 42.3 Å². The van der Waals surface area contributed by atoms with Crippen molar-refractivity contribution in [2.75, 3.05) is 0 Å². The van der Waals surface area contributed by atoms with Crippen LogP contribution in [0.3, 0.4) is 0 Å². The SMILES string of the molecule is CCC(Cc1ccccc1-c1cc(-c2ccc3c(c2)-c2ccccc2CC(c2ccccc2)C3C)ccc1C)c1cc(-c2ccc3ccccc3c2)c2sc3ccccc3c2c1. The molecule has 1 aliphatic rings. The second kappa shape index (κ2) is 16.1. The molecule has 3 atom stereocenters. The Bertz CT molecular complexity index is 3270. The van der Waals surface area contributed by atoms with Gasteiger partial charge in [-0.3, -0.25) is 0 Å². The van der Waals surface area contributed by atoms with E-state index in [0.29, 0.717) is 17.8 Å². The smallest absolute Gasteiger partial charge is 0.0434 e. The van der Waals surface area contributed by atoms with Crippen LogP contribution in [-0.2, 0) is 12.8 Å². The standard InChI is InChI=1S/C61H50S/c1-4-41(50-37-57(49-29-28-42-16-8-9-19-44(42)33-49)61-59(38-50)54-24-14-15-25-60(54)62-61)32-47-20-10-12-22-52(47)55-34-45(27-26-39(55)2)46-30-31-51-40(3)56(43-17-6-5-7-18-43)36-48-21-11-13-23-53(48)58(51)35-46/h5-31,33-35,37-38,40-41,56H,4,32,36H2,1-3H3. The highest BCUT2D eigenvalue weighted by molar-refractivity contribution is 7.26. The molecule has 0 saturated carbocycles. The molecular weight excluding hydrogens is 765 g/mol. The largest absolute Gasteiger partial charge is 0.135 e. The monoisotopic (exact) mass is 814 g/mol. The highest BCUT2D eigenvalue weighted by Crippen LogP contribution is 2.47. The van der Waals surface area contributed by atoms with Gasteiger partial charge in [0.05, 0.1) is 0 Å². The van der Waals surface area contributed by atoms with Crippen molar-refractivity contribution < 1.29 is 0 Å². The van der Waals surface area contributed by atoms with Gasteiger partial charge in [-0.1, -0.05) is 172 Å². The third kappa shape index (κ3) is 6.86. The molecule has 0 nitrogen and oxygen atoms in total. The van der Waals surface area contributed by atoms with Crippen molar-refractivity contribution in [1.82, 2.24) is 0 Å². The number of hydrogen-bond donors (Lipinski definition) is 0. The lowest BCUT2D eigenvalue weighted by atomic mass is 9.80. The molecule has 1 aliphatic carbocycles. The van der Waals surface area contributed by atoms with E-state index in [9.17, 15) is 0 Å². The first-order valence-electron chi connectivity index (χ1n) is 22.4. The zero-order valence-electron chi connectivity index (χ0n) is 35.7. The van der Waals surface area contributed by atoms with Gasteiger partial charge in [0.1, 0.15) is 0 Å². The first-order chi connectivity index (χ1) is 30.5. The van der Waals surface area contributed by atoms with E-state index in [1.165, 1.54) is 109 Å². The molecule has 10 aromatic rings. The summed E-state index contributed by atoms with van der Waals surface area (Å²) in [6, 6.07) is 73.5. The molecule has 3 unspecified atom stereocenters. The number of aryl methyl sites for hydroxylation is 1. The Hall–Kier alpha value is -6.54. The molecule has 0 bridgehead atoms. The minimum atomic E-state index is 0.355. The van der Waals surface area contributed by atoms with Crippen molar-refractivity contribution in [3.05, 3.63) is 228 Å². The van der Waals surface area contributed by atoms with E-state index in [1.807, 2.05) is 11.3 Å². The normalized spacial score (nSPS) is 15.3. The Labute approximate surface area is 370 Å². The molecular formula is C61H50S. The van der Waals surface area contributed by atoms with Gasteiger partial charge in [0.2, 0.25) is 0 Å². The van der Waals surface area contributed by atoms with E-state index in [2.05, 4.69) is 215 Å². The summed E-state index contributed by atoms with van der Waals surface area (Å²) >= 11 is 1.93. The lowest BCUT2D eigenvalue weighted by Gasteiger charge is -2.24. The third-order valence-electron chi connectivity index (χ3n) is 14.0. The molecule has 0 radical (unpaired) electrons. The van der Waals surface area contributed by atoms with Gasteiger partial charge in [-0.2, -0.15) is 0 Å². The van der Waals surface area contributed by atoms with Gasteiger partial charge in [-0.15, -0.1) is 11.3 Å². The summed E-state index contributed by atoms with van der Waals surface area (Å²) in [7, 11) is 0. The van der Waals surface area contributed by atoms with Crippen LogP contribution in [0.2, 0.25) is 0 Å². The van der Waals surface area contributed by atoms with Crippen LogP contribution < -0.4 is 0 Å². The van der Waals surface area contributed by atoms with E-state index in [0.717, 1.165) is 19.3 Å². The second-order valence-corrected chi connectivity index (χ2v) is 18.6. The Morgan fingerprint density at radius 1 is 0.532 bits per heavy atom. The van der Waals surface area contributed by atoms with Crippen LogP contribution >= 0.6 is 11.3 Å². The number of thiophene rings is 1. The van der Waals surface area contributed by atoms with Gasteiger partial charge in [0.15, 0.2) is 0 Å². The molecule has 0 fully saturated rings. The van der Waals surface area contributed by atoms with Gasteiger partial charge in [-0.25, -0.2) is 0 Å². The molecule has 1 heteroatoms. The van der Waals surface area contributed by atoms with Crippen LogP contribution in [0.25, 0.3) is 75.5 Å². The fourth-order valence-corrected chi connectivity index (χ4v) is 11.8. The summed E-state index contributed by atoms with van der Waals surface area (Å²) < 4.78 is 2.72. The van der Waals surface area contributed by atoms with Gasteiger partial charge in [0, 0.05) is 20.2 Å². The van der Waals surface area contributed by atoms with E-state index in [4.69, 9.17) is 0 Å². The number of rotatable bonds is 8. The lowest BCUT2D eigenvalue weighted by molar-refractivity contribution is 0.579. The van der Waals surface area contributed by atoms with Crippen LogP contribution in [-0.4, -0.2) is 0 Å². The van der Waals surface area contributed by atoms with E-state index < -0.39 is 0 Å². The fourth-order valence-electron chi connectivity index (χ4n) is 10.5. The molecule has 0 saturated heterocycles. The number of benzene rings is 9. The van der Waals surface area contributed by atoms with Crippen LogP contribution in [0, 0.1) is 6.92 Å². The maximum absolute atomic E-state index is 2.52. The summed E-state index contributed by atoms with van der Waals surface area (Å²) in [6.45, 7) is 7.07. The van der Waals surface area contributed by atoms with Crippen LogP contribution in [0.5, 0.6) is 0 Å². The Balaban J connectivity index is 0.977. The molecule has 300 valence electrons. The van der Waals surface area contributed by atoms with Crippen molar-refractivity contribution in [3.63, 3.8) is 0 Å². The van der Waals surface area contributed by atoms with Gasteiger partial charge in [0.25, 0.3) is 0 Å². The molecule has 0 amide bonds. The highest BCUT2D eigenvalue weighted by atomic mass is 32.1. The highest BCUT2D eigenvalue weighted by Gasteiger charge is 2.29. The fraction of sp³-hybridized carbons (Fsp3) is 0.148. The van der Waals surface area contributed by atoms with Crippen molar-refractivity contribution in [1.29, 1.82) is 0 Å². The Kier molecular flexibility index (Phi) is 9.94. The van der Waals surface area contributed by atoms with E-state index >= 15 is 0 Å². The average Bonchev–Trinajstić information content (AvgIpc) is 3.65. The molecule has 9 aromatic carbocycles. The van der Waals surface area contributed by atoms with Crippen LogP contribution in [0.15, 0.2) is 194 Å². The first-order valence-corrected chi connectivity index (χ1v) is 23.2. The molecule has 1 heterocycles.